The van der Waals surface area contributed by atoms with Gasteiger partial charge in [-0.2, -0.15) is 0 Å². The fourth-order valence-corrected chi connectivity index (χ4v) is 3.63. The van der Waals surface area contributed by atoms with Gasteiger partial charge in [0.15, 0.2) is 0 Å². The topological polar surface area (TPSA) is 91.3 Å². The van der Waals surface area contributed by atoms with Crippen molar-refractivity contribution in [3.05, 3.63) is 71.0 Å². The molecule has 0 fully saturated rings. The number of anilines is 1. The Hall–Kier alpha value is -3.48. The lowest BCUT2D eigenvalue weighted by molar-refractivity contribution is -0.136. The first-order chi connectivity index (χ1) is 15.2. The number of carboxylic acids is 1. The van der Waals surface area contributed by atoms with Crippen LogP contribution in [-0.4, -0.2) is 28.5 Å². The predicted octanol–water partition coefficient (Wildman–Crippen LogP) is 5.09. The Balaban J connectivity index is 1.80. The Labute approximate surface area is 186 Å². The highest BCUT2D eigenvalue weighted by Gasteiger charge is 2.16. The van der Waals surface area contributed by atoms with Gasteiger partial charge in [0.1, 0.15) is 11.6 Å². The summed E-state index contributed by atoms with van der Waals surface area (Å²) < 4.78 is 13.7. The maximum atomic E-state index is 13.7. The number of nitrogens with one attached hydrogen (secondary N) is 2. The molecule has 0 radical (unpaired) electrons. The second kappa shape index (κ2) is 10.2. The molecule has 0 saturated carbocycles. The van der Waals surface area contributed by atoms with Crippen LogP contribution in [0.3, 0.4) is 0 Å². The first kappa shape index (κ1) is 23.2. The molecule has 1 atom stereocenters. The number of aromatic nitrogens is 1. The van der Waals surface area contributed by atoms with Crippen LogP contribution in [0.1, 0.15) is 54.2 Å². The van der Waals surface area contributed by atoms with Crippen LogP contribution >= 0.6 is 0 Å². The number of halogens is 1. The number of aryl methyl sites for hydroxylation is 1. The minimum absolute atomic E-state index is 0.0444. The quantitative estimate of drug-likeness (QED) is 0.434. The summed E-state index contributed by atoms with van der Waals surface area (Å²) in [5.74, 6) is -0.506. The van der Waals surface area contributed by atoms with Crippen LogP contribution in [0.5, 0.6) is 0 Å². The number of carbonyl (C=O) groups excluding carboxylic acids is 1. The van der Waals surface area contributed by atoms with Gasteiger partial charge < -0.3 is 15.7 Å². The number of hydrogen-bond donors (Lipinski definition) is 3. The molecule has 3 rings (SSSR count). The molecule has 1 heterocycles. The van der Waals surface area contributed by atoms with E-state index in [0.717, 1.165) is 22.9 Å². The molecule has 0 spiro atoms. The minimum Gasteiger partial charge on any atom is -0.481 e. The van der Waals surface area contributed by atoms with Gasteiger partial charge in [-0.15, -0.1) is 0 Å². The average Bonchev–Trinajstić information content (AvgIpc) is 2.72. The second-order valence-corrected chi connectivity index (χ2v) is 8.33. The Morgan fingerprint density at radius 3 is 2.47 bits per heavy atom. The number of hydrogen-bond acceptors (Lipinski definition) is 4. The van der Waals surface area contributed by atoms with E-state index in [0.29, 0.717) is 22.8 Å². The van der Waals surface area contributed by atoms with Crippen LogP contribution in [0.15, 0.2) is 48.5 Å². The maximum Gasteiger partial charge on any atom is 0.305 e. The van der Waals surface area contributed by atoms with Gasteiger partial charge in [0, 0.05) is 23.6 Å². The third kappa shape index (κ3) is 6.03. The van der Waals surface area contributed by atoms with E-state index in [-0.39, 0.29) is 30.7 Å². The molecule has 0 aliphatic heterocycles. The maximum absolute atomic E-state index is 13.7. The molecule has 0 saturated heterocycles. The molecule has 7 heteroatoms. The number of fused-ring (bicyclic) bond motifs is 1. The summed E-state index contributed by atoms with van der Waals surface area (Å²) in [6.07, 6.45) is 0.721. The molecule has 0 aliphatic rings. The highest BCUT2D eigenvalue weighted by Crippen LogP contribution is 2.28. The summed E-state index contributed by atoms with van der Waals surface area (Å²) in [7, 11) is 0. The van der Waals surface area contributed by atoms with Crippen LogP contribution in [0.4, 0.5) is 10.2 Å². The van der Waals surface area contributed by atoms with E-state index in [1.807, 2.05) is 25.1 Å². The molecule has 3 N–H and O–H groups in total. The number of aliphatic carboxylic acids is 1. The molecule has 0 bridgehead atoms. The summed E-state index contributed by atoms with van der Waals surface area (Å²) >= 11 is 0. The summed E-state index contributed by atoms with van der Waals surface area (Å²) in [4.78, 5) is 27.4. The Kier molecular flexibility index (Phi) is 7.41. The Morgan fingerprint density at radius 1 is 1.09 bits per heavy atom. The van der Waals surface area contributed by atoms with Crippen molar-refractivity contribution in [3.8, 4) is 0 Å². The summed E-state index contributed by atoms with van der Waals surface area (Å²) in [5, 5.41) is 15.7. The smallest absolute Gasteiger partial charge is 0.305 e. The van der Waals surface area contributed by atoms with Crippen molar-refractivity contribution in [2.75, 3.05) is 11.9 Å². The van der Waals surface area contributed by atoms with Crippen molar-refractivity contribution >= 4 is 28.6 Å². The van der Waals surface area contributed by atoms with Crippen molar-refractivity contribution < 1.29 is 19.1 Å². The predicted molar refractivity (Wildman–Crippen MR) is 123 cm³/mol. The van der Waals surface area contributed by atoms with E-state index in [9.17, 15) is 14.0 Å². The number of nitrogens with zero attached hydrogens (tertiary/aromatic N) is 1. The minimum atomic E-state index is -0.955. The van der Waals surface area contributed by atoms with Crippen molar-refractivity contribution in [2.24, 2.45) is 5.92 Å². The highest BCUT2D eigenvalue weighted by molar-refractivity contribution is 5.94. The van der Waals surface area contributed by atoms with Gasteiger partial charge in [-0.25, -0.2) is 9.37 Å². The van der Waals surface area contributed by atoms with Crippen LogP contribution in [-0.2, 0) is 4.79 Å². The monoisotopic (exact) mass is 437 g/mol. The van der Waals surface area contributed by atoms with Gasteiger partial charge in [0.2, 0.25) is 0 Å². The summed E-state index contributed by atoms with van der Waals surface area (Å²) in [6, 6.07) is 13.8. The van der Waals surface area contributed by atoms with Gasteiger partial charge in [-0.05, 0) is 60.7 Å². The lowest BCUT2D eigenvalue weighted by atomic mass is 9.96. The van der Waals surface area contributed by atoms with E-state index in [1.165, 1.54) is 12.1 Å². The zero-order valence-electron chi connectivity index (χ0n) is 18.5. The highest BCUT2D eigenvalue weighted by atomic mass is 19.1. The molecule has 1 amide bonds. The molecule has 2 aromatic carbocycles. The molecular formula is C25H28FN3O3. The van der Waals surface area contributed by atoms with Gasteiger partial charge in [-0.3, -0.25) is 9.59 Å². The number of benzene rings is 2. The second-order valence-electron chi connectivity index (χ2n) is 8.33. The first-order valence-corrected chi connectivity index (χ1v) is 10.7. The van der Waals surface area contributed by atoms with Crippen LogP contribution < -0.4 is 10.6 Å². The first-order valence-electron chi connectivity index (χ1n) is 10.7. The van der Waals surface area contributed by atoms with Crippen LogP contribution in [0.25, 0.3) is 10.9 Å². The number of carboxylic acid groups (broad SMARTS) is 1. The SMILES string of the molecule is Cc1cc(NC(CC(C)C)c2ccc(C(=O)NCCC(=O)O)cc2)nc2cc(F)ccc12. The van der Waals surface area contributed by atoms with E-state index in [2.05, 4.69) is 29.5 Å². The van der Waals surface area contributed by atoms with E-state index in [1.54, 1.807) is 18.2 Å². The van der Waals surface area contributed by atoms with Gasteiger partial charge in [0.25, 0.3) is 5.91 Å². The van der Waals surface area contributed by atoms with Crippen molar-refractivity contribution in [1.82, 2.24) is 10.3 Å². The molecule has 6 nitrogen and oxygen atoms in total. The molecule has 168 valence electrons. The van der Waals surface area contributed by atoms with Crippen molar-refractivity contribution in [3.63, 3.8) is 0 Å². The lowest BCUT2D eigenvalue weighted by Crippen LogP contribution is -2.26. The molecule has 3 aromatic rings. The average molecular weight is 438 g/mol. The normalized spacial score (nSPS) is 12.0. The van der Waals surface area contributed by atoms with Crippen LogP contribution in [0.2, 0.25) is 0 Å². The fourth-order valence-electron chi connectivity index (χ4n) is 3.63. The number of rotatable bonds is 9. The van der Waals surface area contributed by atoms with Gasteiger partial charge in [-0.1, -0.05) is 26.0 Å². The van der Waals surface area contributed by atoms with Crippen LogP contribution in [0, 0.1) is 18.7 Å². The number of carbonyl (C=O) groups is 2. The lowest BCUT2D eigenvalue weighted by Gasteiger charge is -2.22. The van der Waals surface area contributed by atoms with Gasteiger partial charge >= 0.3 is 5.97 Å². The summed E-state index contributed by atoms with van der Waals surface area (Å²) in [6.45, 7) is 6.32. The molecule has 1 unspecified atom stereocenters. The fraction of sp³-hybridized carbons (Fsp3) is 0.320. The summed E-state index contributed by atoms with van der Waals surface area (Å²) in [5.41, 5.74) is 3.08. The van der Waals surface area contributed by atoms with E-state index < -0.39 is 5.97 Å². The van der Waals surface area contributed by atoms with Gasteiger partial charge in [0.05, 0.1) is 18.0 Å². The Morgan fingerprint density at radius 2 is 1.81 bits per heavy atom. The third-order valence-electron chi connectivity index (χ3n) is 5.21. The molecule has 1 aromatic heterocycles. The largest absolute Gasteiger partial charge is 0.481 e. The standard InChI is InChI=1S/C25H28FN3O3/c1-15(2)12-21(17-4-6-18(7-5-17)25(32)27-11-10-24(30)31)28-23-13-16(3)20-9-8-19(26)14-22(20)29-23/h4-9,13-15,21H,10-12H2,1-3H3,(H,27,32)(H,28,29)(H,30,31). The molecule has 32 heavy (non-hydrogen) atoms. The van der Waals surface area contributed by atoms with E-state index >= 15 is 0 Å². The Bertz CT molecular complexity index is 1110. The van der Waals surface area contributed by atoms with Crippen molar-refractivity contribution in [1.29, 1.82) is 0 Å². The third-order valence-corrected chi connectivity index (χ3v) is 5.21. The molecule has 0 aliphatic carbocycles. The number of pyridine rings is 1. The zero-order chi connectivity index (χ0) is 23.3. The zero-order valence-corrected chi connectivity index (χ0v) is 18.5. The number of amides is 1. The van der Waals surface area contributed by atoms with E-state index in [4.69, 9.17) is 5.11 Å². The molecular weight excluding hydrogens is 409 g/mol. The van der Waals surface area contributed by atoms with Crippen molar-refractivity contribution in [2.45, 2.75) is 39.7 Å².